The lowest BCUT2D eigenvalue weighted by atomic mass is 9.57. The molecule has 0 aromatic heterocycles. The van der Waals surface area contributed by atoms with E-state index in [0.29, 0.717) is 31.2 Å². The summed E-state index contributed by atoms with van der Waals surface area (Å²) in [6.45, 7) is 13.9. The zero-order valence-corrected chi connectivity index (χ0v) is 18.9. The molecule has 25 heavy (non-hydrogen) atoms. The summed E-state index contributed by atoms with van der Waals surface area (Å²) in [7, 11) is 1.94. The topological polar surface area (TPSA) is 57.2 Å². The first-order valence-electron chi connectivity index (χ1n) is 9.28. The summed E-state index contributed by atoms with van der Waals surface area (Å²) in [4.78, 5) is 20.8. The third-order valence-electron chi connectivity index (χ3n) is 5.54. The van der Waals surface area contributed by atoms with Gasteiger partial charge in [-0.05, 0) is 27.2 Å². The Bertz CT molecular complexity index is 480. The minimum atomic E-state index is 0. The molecule has 1 saturated heterocycles. The van der Waals surface area contributed by atoms with Crippen LogP contribution >= 0.6 is 24.0 Å². The van der Waals surface area contributed by atoms with Crippen LogP contribution in [0.1, 0.15) is 41.0 Å². The van der Waals surface area contributed by atoms with Gasteiger partial charge in [-0.25, -0.2) is 0 Å². The molecule has 146 valence electrons. The third kappa shape index (κ3) is 4.59. The average molecular weight is 466 g/mol. The van der Waals surface area contributed by atoms with Gasteiger partial charge in [-0.3, -0.25) is 9.79 Å². The Morgan fingerprint density at radius 2 is 1.92 bits per heavy atom. The van der Waals surface area contributed by atoms with Crippen molar-refractivity contribution in [3.63, 3.8) is 0 Å². The second-order valence-electron chi connectivity index (χ2n) is 7.41. The zero-order valence-electron chi connectivity index (χ0n) is 16.5. The van der Waals surface area contributed by atoms with Crippen molar-refractivity contribution in [1.82, 2.24) is 15.1 Å². The van der Waals surface area contributed by atoms with Gasteiger partial charge in [-0.1, -0.05) is 13.8 Å². The lowest BCUT2D eigenvalue weighted by Gasteiger charge is -2.55. The molecule has 1 aliphatic carbocycles. The molecular weight excluding hydrogens is 431 g/mol. The van der Waals surface area contributed by atoms with E-state index < -0.39 is 0 Å². The number of ether oxygens (including phenoxy) is 1. The molecule has 1 N–H and O–H groups in total. The van der Waals surface area contributed by atoms with Crippen LogP contribution < -0.4 is 5.32 Å². The zero-order chi connectivity index (χ0) is 17.9. The predicted octanol–water partition coefficient (Wildman–Crippen LogP) is 2.18. The molecule has 1 saturated carbocycles. The van der Waals surface area contributed by atoms with E-state index in [2.05, 4.69) is 24.2 Å². The largest absolute Gasteiger partial charge is 0.377 e. The molecule has 0 radical (unpaired) electrons. The molecule has 3 unspecified atom stereocenters. The number of carbonyl (C=O) groups is 1. The number of hydrogen-bond acceptors (Lipinski definition) is 3. The van der Waals surface area contributed by atoms with Gasteiger partial charge in [0.15, 0.2) is 5.96 Å². The summed E-state index contributed by atoms with van der Waals surface area (Å²) in [5.41, 5.74) is 0.0966. The van der Waals surface area contributed by atoms with Crippen molar-refractivity contribution < 1.29 is 9.53 Å². The first-order valence-corrected chi connectivity index (χ1v) is 9.28. The molecule has 3 atom stereocenters. The first-order chi connectivity index (χ1) is 11.4. The van der Waals surface area contributed by atoms with Gasteiger partial charge in [-0.2, -0.15) is 0 Å². The van der Waals surface area contributed by atoms with E-state index in [4.69, 9.17) is 4.74 Å². The SMILES string of the molecule is CCN=C(NC1C2CCOC2C1(C)C)N(C)CC(=O)N(CC)CC.I. The molecule has 2 fully saturated rings. The number of nitrogens with zero attached hydrogens (tertiary/aromatic N) is 3. The number of nitrogens with one attached hydrogen (secondary N) is 1. The van der Waals surface area contributed by atoms with Gasteiger partial charge < -0.3 is 19.9 Å². The second kappa shape index (κ2) is 9.39. The smallest absolute Gasteiger partial charge is 0.242 e. The maximum absolute atomic E-state index is 12.4. The summed E-state index contributed by atoms with van der Waals surface area (Å²) < 4.78 is 5.87. The number of halogens is 1. The minimum Gasteiger partial charge on any atom is -0.377 e. The number of hydrogen-bond donors (Lipinski definition) is 1. The summed E-state index contributed by atoms with van der Waals surface area (Å²) >= 11 is 0. The number of likely N-dealkylation sites (N-methyl/N-ethyl adjacent to an activating group) is 2. The van der Waals surface area contributed by atoms with Crippen molar-refractivity contribution in [2.75, 3.05) is 39.8 Å². The highest BCUT2D eigenvalue weighted by atomic mass is 127. The molecule has 2 rings (SSSR count). The van der Waals surface area contributed by atoms with E-state index in [1.54, 1.807) is 0 Å². The number of aliphatic imine (C=N–C) groups is 1. The van der Waals surface area contributed by atoms with Crippen molar-refractivity contribution in [2.24, 2.45) is 16.3 Å². The lowest BCUT2D eigenvalue weighted by Crippen LogP contribution is -2.68. The molecule has 0 spiro atoms. The Labute approximate surface area is 169 Å². The number of guanidine groups is 1. The summed E-state index contributed by atoms with van der Waals surface area (Å²) in [6.07, 6.45) is 1.45. The monoisotopic (exact) mass is 466 g/mol. The third-order valence-corrected chi connectivity index (χ3v) is 5.54. The van der Waals surface area contributed by atoms with Crippen molar-refractivity contribution in [3.8, 4) is 0 Å². The normalized spacial score (nSPS) is 27.0. The summed E-state index contributed by atoms with van der Waals surface area (Å²) in [6, 6.07) is 0.348. The van der Waals surface area contributed by atoms with Crippen molar-refractivity contribution >= 4 is 35.8 Å². The average Bonchev–Trinajstić information content (AvgIpc) is 2.99. The maximum Gasteiger partial charge on any atom is 0.242 e. The van der Waals surface area contributed by atoms with Crippen molar-refractivity contribution in [3.05, 3.63) is 0 Å². The van der Waals surface area contributed by atoms with Crippen LogP contribution in [0.4, 0.5) is 0 Å². The number of rotatable bonds is 6. The highest BCUT2D eigenvalue weighted by Gasteiger charge is 2.59. The quantitative estimate of drug-likeness (QED) is 0.371. The Hall–Kier alpha value is -0.570. The standard InChI is InChI=1S/C18H34N4O2.HI/c1-7-19-17(21(6)12-14(23)22(8-2)9-3)20-15-13-10-11-24-16(13)18(15,4)5;/h13,15-16H,7-12H2,1-6H3,(H,19,20);1H. The van der Waals surface area contributed by atoms with Gasteiger partial charge in [-0.15, -0.1) is 24.0 Å². The molecule has 1 heterocycles. The van der Waals surface area contributed by atoms with Crippen LogP contribution in [0.2, 0.25) is 0 Å². The Kier molecular flexibility index (Phi) is 8.44. The molecule has 7 heteroatoms. The second-order valence-corrected chi connectivity index (χ2v) is 7.41. The van der Waals surface area contributed by atoms with Gasteiger partial charge in [0.05, 0.1) is 12.6 Å². The van der Waals surface area contributed by atoms with E-state index >= 15 is 0 Å². The van der Waals surface area contributed by atoms with Crippen LogP contribution in [-0.2, 0) is 9.53 Å². The van der Waals surface area contributed by atoms with Crippen LogP contribution in [0.25, 0.3) is 0 Å². The Balaban J connectivity index is 0.00000312. The number of fused-ring (bicyclic) bond motifs is 1. The fraction of sp³-hybridized carbons (Fsp3) is 0.889. The van der Waals surface area contributed by atoms with Crippen LogP contribution in [0, 0.1) is 11.3 Å². The predicted molar refractivity (Wildman–Crippen MR) is 113 cm³/mol. The molecule has 0 aromatic rings. The lowest BCUT2D eigenvalue weighted by molar-refractivity contribution is -0.131. The number of carbonyl (C=O) groups excluding carboxylic acids is 1. The van der Waals surface area contributed by atoms with Gasteiger partial charge in [0.25, 0.3) is 0 Å². The van der Waals surface area contributed by atoms with E-state index in [1.165, 1.54) is 0 Å². The van der Waals surface area contributed by atoms with Crippen LogP contribution in [-0.4, -0.2) is 73.6 Å². The van der Waals surface area contributed by atoms with Crippen LogP contribution in [0.5, 0.6) is 0 Å². The molecule has 0 bridgehead atoms. The minimum absolute atomic E-state index is 0. The summed E-state index contributed by atoms with van der Waals surface area (Å²) in [5, 5.41) is 3.62. The molecule has 0 aromatic carbocycles. The molecular formula is C18H35IN4O2. The van der Waals surface area contributed by atoms with Gasteiger partial charge in [0, 0.05) is 50.7 Å². The Morgan fingerprint density at radius 1 is 1.28 bits per heavy atom. The first kappa shape index (κ1) is 22.5. The van der Waals surface area contributed by atoms with Crippen LogP contribution in [0.15, 0.2) is 4.99 Å². The fourth-order valence-corrected chi connectivity index (χ4v) is 4.14. The van der Waals surface area contributed by atoms with E-state index in [9.17, 15) is 4.79 Å². The van der Waals surface area contributed by atoms with Crippen molar-refractivity contribution in [1.29, 1.82) is 0 Å². The number of amides is 1. The fourth-order valence-electron chi connectivity index (χ4n) is 4.14. The van der Waals surface area contributed by atoms with Crippen molar-refractivity contribution in [2.45, 2.75) is 53.2 Å². The van der Waals surface area contributed by atoms with Crippen LogP contribution in [0.3, 0.4) is 0 Å². The Morgan fingerprint density at radius 3 is 2.48 bits per heavy atom. The van der Waals surface area contributed by atoms with Gasteiger partial charge >= 0.3 is 0 Å². The molecule has 1 aliphatic heterocycles. The molecule has 2 aliphatic rings. The van der Waals surface area contributed by atoms with E-state index in [1.807, 2.05) is 37.6 Å². The highest BCUT2D eigenvalue weighted by Crippen LogP contribution is 2.52. The van der Waals surface area contributed by atoms with E-state index in [0.717, 1.165) is 32.1 Å². The molecule has 1 amide bonds. The van der Waals surface area contributed by atoms with E-state index in [-0.39, 0.29) is 35.3 Å². The maximum atomic E-state index is 12.4. The highest BCUT2D eigenvalue weighted by molar-refractivity contribution is 14.0. The summed E-state index contributed by atoms with van der Waals surface area (Å²) in [5.74, 6) is 1.51. The van der Waals surface area contributed by atoms with Gasteiger partial charge in [0.1, 0.15) is 0 Å². The van der Waals surface area contributed by atoms with Gasteiger partial charge in [0.2, 0.25) is 5.91 Å². The molecule has 6 nitrogen and oxygen atoms in total.